The molecule has 0 N–H and O–H groups in total. The first-order valence-electron chi connectivity index (χ1n) is 8.87. The van der Waals surface area contributed by atoms with Gasteiger partial charge in [-0.1, -0.05) is 23.8 Å². The number of halogens is 1. The van der Waals surface area contributed by atoms with Gasteiger partial charge >= 0.3 is 6.03 Å². The van der Waals surface area contributed by atoms with Crippen molar-refractivity contribution in [2.45, 2.75) is 32.5 Å². The molecule has 2 atom stereocenters. The summed E-state index contributed by atoms with van der Waals surface area (Å²) in [5.74, 6) is -0.496. The van der Waals surface area contributed by atoms with Crippen LogP contribution in [0.15, 0.2) is 42.5 Å². The number of amides is 2. The number of sulfone groups is 1. The summed E-state index contributed by atoms with van der Waals surface area (Å²) in [6.45, 7) is 4.33. The predicted octanol–water partition coefficient (Wildman–Crippen LogP) is 3.05. The zero-order chi connectivity index (χ0) is 19.3. The van der Waals surface area contributed by atoms with Gasteiger partial charge in [0.2, 0.25) is 0 Å². The Morgan fingerprint density at radius 3 is 2.41 bits per heavy atom. The van der Waals surface area contributed by atoms with Crippen LogP contribution in [0.2, 0.25) is 0 Å². The lowest BCUT2D eigenvalue weighted by Gasteiger charge is -2.23. The van der Waals surface area contributed by atoms with E-state index in [0.29, 0.717) is 12.2 Å². The molecule has 0 aromatic heterocycles. The Kier molecular flexibility index (Phi) is 4.22. The van der Waals surface area contributed by atoms with Crippen molar-refractivity contribution < 1.29 is 17.6 Å². The lowest BCUT2D eigenvalue weighted by atomic mass is 10.0. The molecule has 142 valence electrons. The van der Waals surface area contributed by atoms with E-state index in [4.69, 9.17) is 0 Å². The van der Waals surface area contributed by atoms with Gasteiger partial charge in [-0.25, -0.2) is 17.6 Å². The highest BCUT2D eigenvalue weighted by Gasteiger charge is 2.53. The third kappa shape index (κ3) is 3.20. The number of aryl methyl sites for hydroxylation is 2. The molecule has 2 saturated heterocycles. The quantitative estimate of drug-likeness (QED) is 0.760. The number of urea groups is 1. The Morgan fingerprint density at radius 2 is 1.70 bits per heavy atom. The second kappa shape index (κ2) is 6.34. The van der Waals surface area contributed by atoms with Crippen LogP contribution in [0.25, 0.3) is 0 Å². The van der Waals surface area contributed by atoms with Gasteiger partial charge in [0.05, 0.1) is 23.6 Å². The highest BCUT2D eigenvalue weighted by atomic mass is 32.2. The third-order valence-electron chi connectivity index (χ3n) is 5.43. The van der Waals surface area contributed by atoms with Crippen LogP contribution < -0.4 is 4.90 Å². The highest BCUT2D eigenvalue weighted by Crippen LogP contribution is 2.36. The Labute approximate surface area is 158 Å². The molecule has 2 aliphatic heterocycles. The van der Waals surface area contributed by atoms with E-state index < -0.39 is 27.7 Å². The normalized spacial score (nSPS) is 23.7. The van der Waals surface area contributed by atoms with Crippen LogP contribution in [0.4, 0.5) is 14.9 Å². The Hall–Kier alpha value is -2.41. The molecule has 2 aromatic rings. The van der Waals surface area contributed by atoms with E-state index in [-0.39, 0.29) is 17.5 Å². The summed E-state index contributed by atoms with van der Waals surface area (Å²) in [7, 11) is -3.23. The van der Waals surface area contributed by atoms with Crippen molar-refractivity contribution in [1.29, 1.82) is 0 Å². The van der Waals surface area contributed by atoms with Crippen LogP contribution in [0.5, 0.6) is 0 Å². The predicted molar refractivity (Wildman–Crippen MR) is 102 cm³/mol. The van der Waals surface area contributed by atoms with Gasteiger partial charge in [0.1, 0.15) is 5.82 Å². The topological polar surface area (TPSA) is 57.7 Å². The Bertz CT molecular complexity index is 1000. The van der Waals surface area contributed by atoms with Crippen molar-refractivity contribution in [3.63, 3.8) is 0 Å². The third-order valence-corrected chi connectivity index (χ3v) is 7.13. The van der Waals surface area contributed by atoms with E-state index in [1.807, 2.05) is 32.0 Å². The smallest absolute Gasteiger partial charge is 0.314 e. The number of hydrogen-bond donors (Lipinski definition) is 0. The fourth-order valence-electron chi connectivity index (χ4n) is 4.02. The fourth-order valence-corrected chi connectivity index (χ4v) is 5.97. The van der Waals surface area contributed by atoms with Gasteiger partial charge in [-0.05, 0) is 49.2 Å². The standard InChI is InChI=1S/C20H21FN2O3S/c1-13-3-4-14(2)15(9-13)10-22-18-11-27(25,26)12-19(18)23(20(22)24)17-7-5-16(21)6-8-17/h3-9,18-19H,10-12H2,1-2H3/t18-,19-/m1/s1. The minimum absolute atomic E-state index is 0.0357. The van der Waals surface area contributed by atoms with Crippen molar-refractivity contribution in [3.05, 3.63) is 65.0 Å². The van der Waals surface area contributed by atoms with Crippen molar-refractivity contribution in [2.75, 3.05) is 16.4 Å². The number of rotatable bonds is 3. The molecule has 2 amide bonds. The molecule has 2 fully saturated rings. The molecule has 7 heteroatoms. The van der Waals surface area contributed by atoms with Crippen molar-refractivity contribution in [2.24, 2.45) is 0 Å². The van der Waals surface area contributed by atoms with E-state index in [0.717, 1.165) is 16.7 Å². The first-order valence-corrected chi connectivity index (χ1v) is 10.7. The molecule has 2 aliphatic rings. The number of hydrogen-bond acceptors (Lipinski definition) is 3. The minimum Gasteiger partial charge on any atom is -0.314 e. The average molecular weight is 388 g/mol. The van der Waals surface area contributed by atoms with Crippen molar-refractivity contribution in [1.82, 2.24) is 4.90 Å². The number of carbonyl (C=O) groups excluding carboxylic acids is 1. The van der Waals surface area contributed by atoms with Gasteiger partial charge in [-0.3, -0.25) is 4.90 Å². The number of fused-ring (bicyclic) bond motifs is 1. The summed E-state index contributed by atoms with van der Waals surface area (Å²) < 4.78 is 37.9. The molecular formula is C20H21FN2O3S. The lowest BCUT2D eigenvalue weighted by molar-refractivity contribution is 0.205. The van der Waals surface area contributed by atoms with Crippen LogP contribution in [0, 0.1) is 19.7 Å². The maximum Gasteiger partial charge on any atom is 0.325 e. The summed E-state index contributed by atoms with van der Waals surface area (Å²) in [5, 5.41) is 0. The van der Waals surface area contributed by atoms with Gasteiger partial charge in [0.25, 0.3) is 0 Å². The molecule has 0 bridgehead atoms. The second-order valence-electron chi connectivity index (χ2n) is 7.40. The van der Waals surface area contributed by atoms with Crippen LogP contribution >= 0.6 is 0 Å². The number of anilines is 1. The first-order chi connectivity index (χ1) is 12.7. The van der Waals surface area contributed by atoms with E-state index in [2.05, 4.69) is 0 Å². The molecule has 0 aliphatic carbocycles. The SMILES string of the molecule is Cc1ccc(C)c(CN2C(=O)N(c3ccc(F)cc3)[C@@H]3CS(=O)(=O)C[C@H]32)c1. The number of benzene rings is 2. The summed E-state index contributed by atoms with van der Waals surface area (Å²) in [6, 6.07) is 10.6. The summed E-state index contributed by atoms with van der Waals surface area (Å²) in [5.41, 5.74) is 3.68. The lowest BCUT2D eigenvalue weighted by Crippen LogP contribution is -2.37. The van der Waals surface area contributed by atoms with Crippen LogP contribution in [-0.2, 0) is 16.4 Å². The van der Waals surface area contributed by atoms with Gasteiger partial charge in [-0.15, -0.1) is 0 Å². The van der Waals surface area contributed by atoms with Crippen LogP contribution in [0.1, 0.15) is 16.7 Å². The largest absolute Gasteiger partial charge is 0.325 e. The molecule has 0 spiro atoms. The van der Waals surface area contributed by atoms with Gasteiger partial charge in [0.15, 0.2) is 9.84 Å². The maximum atomic E-state index is 13.3. The van der Waals surface area contributed by atoms with Gasteiger partial charge in [0, 0.05) is 12.2 Å². The Morgan fingerprint density at radius 1 is 1.04 bits per heavy atom. The fraction of sp³-hybridized carbons (Fsp3) is 0.350. The molecule has 27 heavy (non-hydrogen) atoms. The Balaban J connectivity index is 1.72. The molecule has 2 heterocycles. The van der Waals surface area contributed by atoms with Crippen LogP contribution in [0.3, 0.4) is 0 Å². The summed E-state index contributed by atoms with van der Waals surface area (Å²) >= 11 is 0. The van der Waals surface area contributed by atoms with E-state index >= 15 is 0 Å². The molecule has 2 aromatic carbocycles. The summed E-state index contributed by atoms with van der Waals surface area (Å²) in [6.07, 6.45) is 0. The molecule has 0 unspecified atom stereocenters. The number of carbonyl (C=O) groups is 1. The zero-order valence-electron chi connectivity index (χ0n) is 15.2. The average Bonchev–Trinajstić information content (AvgIpc) is 3.03. The molecule has 5 nitrogen and oxygen atoms in total. The molecule has 0 saturated carbocycles. The minimum atomic E-state index is -3.23. The number of nitrogens with zero attached hydrogens (tertiary/aromatic N) is 2. The maximum absolute atomic E-state index is 13.3. The highest BCUT2D eigenvalue weighted by molar-refractivity contribution is 7.91. The molecular weight excluding hydrogens is 367 g/mol. The van der Waals surface area contributed by atoms with Gasteiger partial charge in [-0.2, -0.15) is 0 Å². The first kappa shape index (κ1) is 18.0. The second-order valence-corrected chi connectivity index (χ2v) is 9.55. The molecule has 4 rings (SSSR count). The van der Waals surface area contributed by atoms with E-state index in [1.165, 1.54) is 29.2 Å². The zero-order valence-corrected chi connectivity index (χ0v) is 16.0. The van der Waals surface area contributed by atoms with Crippen molar-refractivity contribution >= 4 is 21.6 Å². The molecule has 0 radical (unpaired) electrons. The summed E-state index contributed by atoms with van der Waals surface area (Å²) in [4.78, 5) is 16.3. The van der Waals surface area contributed by atoms with E-state index in [1.54, 1.807) is 4.90 Å². The van der Waals surface area contributed by atoms with E-state index in [9.17, 15) is 17.6 Å². The van der Waals surface area contributed by atoms with Crippen LogP contribution in [-0.4, -0.2) is 42.9 Å². The monoisotopic (exact) mass is 388 g/mol. The van der Waals surface area contributed by atoms with Crippen molar-refractivity contribution in [3.8, 4) is 0 Å². The van der Waals surface area contributed by atoms with Gasteiger partial charge < -0.3 is 4.90 Å².